The molecule has 0 saturated heterocycles. The largest absolute Gasteiger partial charge is 0.327 e. The van der Waals surface area contributed by atoms with Crippen LogP contribution in [0.1, 0.15) is 12.6 Å². The molecule has 0 radical (unpaired) electrons. The molecule has 20 heavy (non-hydrogen) atoms. The average molecular weight is 327 g/mol. The summed E-state index contributed by atoms with van der Waals surface area (Å²) in [6.07, 6.45) is 0. The number of halogens is 2. The number of hydrogen-bond acceptors (Lipinski definition) is 2. The molecule has 0 spiro atoms. The molecule has 2 aromatic heterocycles. The topological polar surface area (TPSA) is 38.5 Å². The maximum absolute atomic E-state index is 6.32. The van der Waals surface area contributed by atoms with E-state index in [0.717, 1.165) is 29.1 Å². The number of hydrogen-bond donors (Lipinski definition) is 1. The lowest BCUT2D eigenvalue weighted by Gasteiger charge is -2.09. The Morgan fingerprint density at radius 3 is 2.80 bits per heavy atom. The van der Waals surface area contributed by atoms with E-state index in [0.29, 0.717) is 14.8 Å². The molecule has 0 bridgehead atoms. The van der Waals surface area contributed by atoms with Crippen molar-refractivity contribution in [2.24, 2.45) is 0 Å². The van der Waals surface area contributed by atoms with E-state index in [9.17, 15) is 0 Å². The molecule has 0 aliphatic carbocycles. The third-order valence-electron chi connectivity index (χ3n) is 3.22. The Bertz CT molecular complexity index is 859. The van der Waals surface area contributed by atoms with Gasteiger partial charge < -0.3 is 4.98 Å². The van der Waals surface area contributed by atoms with Crippen LogP contribution in [0.2, 0.25) is 10.0 Å². The minimum Gasteiger partial charge on any atom is -0.327 e. The van der Waals surface area contributed by atoms with Crippen molar-refractivity contribution in [3.8, 4) is 5.69 Å². The van der Waals surface area contributed by atoms with Crippen LogP contribution in [0.3, 0.4) is 0 Å². The van der Waals surface area contributed by atoms with Gasteiger partial charge in [-0.15, -0.1) is 0 Å². The molecule has 104 valence electrons. The highest BCUT2D eigenvalue weighted by molar-refractivity contribution is 7.71. The summed E-state index contributed by atoms with van der Waals surface area (Å²) in [4.78, 5) is 3.19. The summed E-state index contributed by atoms with van der Waals surface area (Å²) in [7, 11) is 0. The summed E-state index contributed by atoms with van der Waals surface area (Å²) >= 11 is 17.8. The molecule has 0 unspecified atom stereocenters. The molecule has 4 nitrogen and oxygen atoms in total. The minimum absolute atomic E-state index is 0.479. The van der Waals surface area contributed by atoms with Gasteiger partial charge in [-0.3, -0.25) is 4.57 Å². The highest BCUT2D eigenvalue weighted by Crippen LogP contribution is 2.31. The fraction of sp³-hybridized carbons (Fsp3) is 0.231. The van der Waals surface area contributed by atoms with Gasteiger partial charge in [0.25, 0.3) is 0 Å². The van der Waals surface area contributed by atoms with E-state index in [2.05, 4.69) is 10.1 Å². The lowest BCUT2D eigenvalue weighted by Crippen LogP contribution is -2.04. The second kappa shape index (κ2) is 4.91. The Morgan fingerprint density at radius 1 is 1.35 bits per heavy atom. The van der Waals surface area contributed by atoms with Gasteiger partial charge in [-0.25, -0.2) is 4.68 Å². The zero-order chi connectivity index (χ0) is 14.4. The molecular formula is C13H12Cl2N4S. The number of aromatic amines is 1. The molecule has 0 aliphatic heterocycles. The molecule has 2 heterocycles. The molecule has 0 fully saturated rings. The highest BCUT2D eigenvalue weighted by atomic mass is 35.5. The summed E-state index contributed by atoms with van der Waals surface area (Å²) < 4.78 is 4.35. The second-order valence-corrected chi connectivity index (χ2v) is 5.61. The molecule has 3 aromatic rings. The van der Waals surface area contributed by atoms with Gasteiger partial charge in [0.2, 0.25) is 0 Å². The van der Waals surface area contributed by atoms with E-state index >= 15 is 0 Å². The van der Waals surface area contributed by atoms with Crippen LogP contribution in [-0.2, 0) is 6.54 Å². The molecule has 0 atom stereocenters. The number of nitrogens with one attached hydrogen (secondary N) is 1. The van der Waals surface area contributed by atoms with Gasteiger partial charge in [0, 0.05) is 6.54 Å². The lowest BCUT2D eigenvalue weighted by molar-refractivity contribution is 0.662. The van der Waals surface area contributed by atoms with Gasteiger partial charge in [0.1, 0.15) is 5.52 Å². The maximum atomic E-state index is 6.32. The first kappa shape index (κ1) is 13.7. The SMILES string of the molecule is CCn1nc(C)c2[nH]c(=S)n(-c3cccc(Cl)c3Cl)c21. The van der Waals surface area contributed by atoms with Crippen molar-refractivity contribution in [2.75, 3.05) is 0 Å². The van der Waals surface area contributed by atoms with Crippen LogP contribution in [0.4, 0.5) is 0 Å². The van der Waals surface area contributed by atoms with E-state index in [1.165, 1.54) is 0 Å². The Balaban J connectivity index is 2.44. The second-order valence-electron chi connectivity index (χ2n) is 4.44. The van der Waals surface area contributed by atoms with Crippen molar-refractivity contribution in [2.45, 2.75) is 20.4 Å². The number of fused-ring (bicyclic) bond motifs is 1. The van der Waals surface area contributed by atoms with Crippen molar-refractivity contribution in [1.82, 2.24) is 19.3 Å². The van der Waals surface area contributed by atoms with E-state index < -0.39 is 0 Å². The van der Waals surface area contributed by atoms with Crippen LogP contribution in [0.25, 0.3) is 16.9 Å². The first-order valence-corrected chi connectivity index (χ1v) is 7.33. The Kier molecular flexibility index (Phi) is 3.36. The van der Waals surface area contributed by atoms with Gasteiger partial charge >= 0.3 is 0 Å². The molecule has 0 aliphatic rings. The normalized spacial score (nSPS) is 11.4. The number of imidazole rings is 1. The smallest absolute Gasteiger partial charge is 0.184 e. The molecule has 0 saturated carbocycles. The Morgan fingerprint density at radius 2 is 2.10 bits per heavy atom. The van der Waals surface area contributed by atoms with Crippen molar-refractivity contribution >= 4 is 46.6 Å². The van der Waals surface area contributed by atoms with Crippen LogP contribution in [0, 0.1) is 11.7 Å². The van der Waals surface area contributed by atoms with Gasteiger partial charge in [-0.05, 0) is 38.2 Å². The van der Waals surface area contributed by atoms with Gasteiger partial charge in [-0.2, -0.15) is 5.10 Å². The van der Waals surface area contributed by atoms with E-state index in [-0.39, 0.29) is 0 Å². The number of aryl methyl sites for hydroxylation is 2. The minimum atomic E-state index is 0.479. The number of nitrogens with zero attached hydrogens (tertiary/aromatic N) is 3. The monoisotopic (exact) mass is 326 g/mol. The van der Waals surface area contributed by atoms with Crippen LogP contribution in [0.15, 0.2) is 18.2 Å². The molecule has 0 amide bonds. The van der Waals surface area contributed by atoms with Crippen molar-refractivity contribution in [3.05, 3.63) is 38.7 Å². The van der Waals surface area contributed by atoms with Crippen molar-refractivity contribution in [3.63, 3.8) is 0 Å². The molecule has 7 heteroatoms. The average Bonchev–Trinajstić information content (AvgIpc) is 2.90. The molecule has 3 rings (SSSR count). The molecular weight excluding hydrogens is 315 g/mol. The van der Waals surface area contributed by atoms with Crippen molar-refractivity contribution in [1.29, 1.82) is 0 Å². The van der Waals surface area contributed by atoms with Gasteiger partial charge in [0.15, 0.2) is 10.4 Å². The summed E-state index contributed by atoms with van der Waals surface area (Å²) in [6, 6.07) is 5.49. The first-order chi connectivity index (χ1) is 9.54. The Labute approximate surface area is 130 Å². The zero-order valence-corrected chi connectivity index (χ0v) is 13.3. The first-order valence-electron chi connectivity index (χ1n) is 6.17. The van der Waals surface area contributed by atoms with Gasteiger partial charge in [0.05, 0.1) is 21.4 Å². The number of H-pyrrole nitrogens is 1. The summed E-state index contributed by atoms with van der Waals surface area (Å²) in [5.74, 6) is 0. The zero-order valence-electron chi connectivity index (χ0n) is 10.9. The number of aromatic nitrogens is 4. The van der Waals surface area contributed by atoms with Crippen LogP contribution >= 0.6 is 35.4 Å². The van der Waals surface area contributed by atoms with Gasteiger partial charge in [-0.1, -0.05) is 29.3 Å². The molecule has 1 aromatic carbocycles. The predicted molar refractivity (Wildman–Crippen MR) is 84.7 cm³/mol. The quantitative estimate of drug-likeness (QED) is 0.703. The highest BCUT2D eigenvalue weighted by Gasteiger charge is 2.17. The third-order valence-corrected chi connectivity index (χ3v) is 4.31. The van der Waals surface area contributed by atoms with Crippen LogP contribution in [-0.4, -0.2) is 19.3 Å². The summed E-state index contributed by atoms with van der Waals surface area (Å²) in [5.41, 5.74) is 3.49. The summed E-state index contributed by atoms with van der Waals surface area (Å²) in [5, 5.41) is 5.47. The van der Waals surface area contributed by atoms with E-state index in [4.69, 9.17) is 35.4 Å². The van der Waals surface area contributed by atoms with Crippen LogP contribution < -0.4 is 0 Å². The molecule has 1 N–H and O–H groups in total. The van der Waals surface area contributed by atoms with Crippen molar-refractivity contribution < 1.29 is 0 Å². The summed E-state index contributed by atoms with van der Waals surface area (Å²) in [6.45, 7) is 4.73. The number of benzene rings is 1. The fourth-order valence-corrected chi connectivity index (χ4v) is 2.98. The number of rotatable bonds is 2. The van der Waals surface area contributed by atoms with E-state index in [1.807, 2.05) is 35.2 Å². The predicted octanol–water partition coefficient (Wildman–Crippen LogP) is 4.52. The third kappa shape index (κ3) is 1.89. The standard InChI is InChI=1S/C13H12Cl2N4S/c1-3-18-12-11(7(2)17-18)16-13(20)19(12)9-6-4-5-8(14)10(9)15/h4-6H,3H2,1-2H3,(H,16,20). The van der Waals surface area contributed by atoms with E-state index in [1.54, 1.807) is 6.07 Å². The maximum Gasteiger partial charge on any atom is 0.184 e. The fourth-order valence-electron chi connectivity index (χ4n) is 2.31. The lowest BCUT2D eigenvalue weighted by atomic mass is 10.3. The van der Waals surface area contributed by atoms with Crippen LogP contribution in [0.5, 0.6) is 0 Å². The Hall–Kier alpha value is -1.30.